The summed E-state index contributed by atoms with van der Waals surface area (Å²) in [7, 11) is 0. The number of urea groups is 1. The molecule has 3 amide bonds. The number of hydrogen-bond donors (Lipinski definition) is 1. The highest BCUT2D eigenvalue weighted by Crippen LogP contribution is 2.14. The molecule has 0 aliphatic carbocycles. The summed E-state index contributed by atoms with van der Waals surface area (Å²) in [6.07, 6.45) is 2.20. The van der Waals surface area contributed by atoms with Crippen molar-refractivity contribution < 1.29 is 9.59 Å². The van der Waals surface area contributed by atoms with Crippen molar-refractivity contribution in [2.75, 3.05) is 37.7 Å². The summed E-state index contributed by atoms with van der Waals surface area (Å²) < 4.78 is 0. The van der Waals surface area contributed by atoms with Crippen LogP contribution in [0.4, 0.5) is 4.79 Å². The smallest absolute Gasteiger partial charge is 0.317 e. The lowest BCUT2D eigenvalue weighted by molar-refractivity contribution is 0.0793. The van der Waals surface area contributed by atoms with Crippen molar-refractivity contribution in [1.29, 1.82) is 0 Å². The third-order valence-electron chi connectivity index (χ3n) is 4.34. The molecular weight excluding hydrogens is 310 g/mol. The molecule has 2 heterocycles. The maximum absolute atomic E-state index is 12.3. The molecule has 2 aliphatic rings. The number of amides is 3. The molecule has 2 aliphatic heterocycles. The van der Waals surface area contributed by atoms with Gasteiger partial charge in [-0.05, 0) is 30.5 Å². The van der Waals surface area contributed by atoms with E-state index in [1.807, 2.05) is 45.8 Å². The Kier molecular flexibility index (Phi) is 5.43. The van der Waals surface area contributed by atoms with Crippen molar-refractivity contribution in [2.45, 2.75) is 19.4 Å². The standard InChI is InChI=1S/C17H23N3O2S/c21-16(19-7-1-2-8-19)15-5-3-14(4-6-15)13-18-17(22)20-9-11-23-12-10-20/h3-6H,1-2,7-13H2,(H,18,22). The number of hydrogen-bond acceptors (Lipinski definition) is 3. The molecule has 0 bridgehead atoms. The van der Waals surface area contributed by atoms with Crippen LogP contribution in [0.25, 0.3) is 0 Å². The fraction of sp³-hybridized carbons (Fsp3) is 0.529. The number of carbonyl (C=O) groups excluding carboxylic acids is 2. The van der Waals surface area contributed by atoms with Gasteiger partial charge in [0.05, 0.1) is 0 Å². The minimum absolute atomic E-state index is 0.00233. The van der Waals surface area contributed by atoms with Crippen LogP contribution in [0.1, 0.15) is 28.8 Å². The van der Waals surface area contributed by atoms with Crippen LogP contribution in [-0.4, -0.2) is 59.4 Å². The maximum atomic E-state index is 12.3. The summed E-state index contributed by atoms with van der Waals surface area (Å²) in [5, 5.41) is 2.95. The number of nitrogens with one attached hydrogen (secondary N) is 1. The van der Waals surface area contributed by atoms with E-state index < -0.39 is 0 Å². The molecule has 23 heavy (non-hydrogen) atoms. The molecule has 5 nitrogen and oxygen atoms in total. The van der Waals surface area contributed by atoms with E-state index in [1.165, 1.54) is 0 Å². The molecule has 6 heteroatoms. The zero-order valence-electron chi connectivity index (χ0n) is 13.3. The SMILES string of the molecule is O=C(NCc1ccc(C(=O)N2CCCC2)cc1)N1CCSCC1. The topological polar surface area (TPSA) is 52.7 Å². The number of likely N-dealkylation sites (tertiary alicyclic amines) is 1. The lowest BCUT2D eigenvalue weighted by Crippen LogP contribution is -2.44. The maximum Gasteiger partial charge on any atom is 0.317 e. The quantitative estimate of drug-likeness (QED) is 0.922. The second kappa shape index (κ2) is 7.73. The molecule has 0 aromatic heterocycles. The third kappa shape index (κ3) is 4.19. The largest absolute Gasteiger partial charge is 0.339 e. The highest BCUT2D eigenvalue weighted by atomic mass is 32.2. The zero-order chi connectivity index (χ0) is 16.1. The second-order valence-electron chi connectivity index (χ2n) is 5.95. The molecule has 1 N–H and O–H groups in total. The molecule has 0 spiro atoms. The molecule has 2 fully saturated rings. The van der Waals surface area contributed by atoms with E-state index in [2.05, 4.69) is 5.32 Å². The van der Waals surface area contributed by atoms with Gasteiger partial charge in [-0.3, -0.25) is 4.79 Å². The van der Waals surface area contributed by atoms with Crippen LogP contribution in [0, 0.1) is 0 Å². The number of carbonyl (C=O) groups is 2. The summed E-state index contributed by atoms with van der Waals surface area (Å²) in [5.41, 5.74) is 1.75. The third-order valence-corrected chi connectivity index (χ3v) is 5.28. The van der Waals surface area contributed by atoms with Gasteiger partial charge in [-0.2, -0.15) is 11.8 Å². The average Bonchev–Trinajstić information content (AvgIpc) is 3.15. The Morgan fingerprint density at radius 3 is 2.26 bits per heavy atom. The van der Waals surface area contributed by atoms with Gasteiger partial charge < -0.3 is 15.1 Å². The minimum atomic E-state index is 0.00233. The number of thioether (sulfide) groups is 1. The minimum Gasteiger partial charge on any atom is -0.339 e. The van der Waals surface area contributed by atoms with Crippen LogP contribution < -0.4 is 5.32 Å². The Balaban J connectivity index is 1.51. The molecule has 0 radical (unpaired) electrons. The highest BCUT2D eigenvalue weighted by Gasteiger charge is 2.19. The van der Waals surface area contributed by atoms with Crippen molar-refractivity contribution in [3.8, 4) is 0 Å². The van der Waals surface area contributed by atoms with E-state index in [4.69, 9.17) is 0 Å². The zero-order valence-corrected chi connectivity index (χ0v) is 14.1. The lowest BCUT2D eigenvalue weighted by atomic mass is 10.1. The molecule has 1 aromatic carbocycles. The summed E-state index contributed by atoms with van der Waals surface area (Å²) >= 11 is 1.89. The van der Waals surface area contributed by atoms with Crippen LogP contribution in [0.15, 0.2) is 24.3 Å². The van der Waals surface area contributed by atoms with Gasteiger partial charge in [-0.25, -0.2) is 4.79 Å². The molecular formula is C17H23N3O2S. The van der Waals surface area contributed by atoms with Crippen LogP contribution in [0.2, 0.25) is 0 Å². The van der Waals surface area contributed by atoms with Gasteiger partial charge in [0.15, 0.2) is 0 Å². The molecule has 2 saturated heterocycles. The van der Waals surface area contributed by atoms with E-state index >= 15 is 0 Å². The van der Waals surface area contributed by atoms with Gasteiger partial charge in [-0.15, -0.1) is 0 Å². The van der Waals surface area contributed by atoms with Crippen LogP contribution >= 0.6 is 11.8 Å². The summed E-state index contributed by atoms with van der Waals surface area (Å²) in [4.78, 5) is 28.1. The molecule has 0 atom stereocenters. The van der Waals surface area contributed by atoms with Crippen molar-refractivity contribution in [3.05, 3.63) is 35.4 Å². The fourth-order valence-electron chi connectivity index (χ4n) is 2.92. The number of rotatable bonds is 3. The Bertz CT molecular complexity index is 549. The Morgan fingerprint density at radius 2 is 1.61 bits per heavy atom. The first-order valence-electron chi connectivity index (χ1n) is 8.23. The van der Waals surface area contributed by atoms with Gasteiger partial charge in [0, 0.05) is 49.8 Å². The first kappa shape index (κ1) is 16.2. The van der Waals surface area contributed by atoms with Crippen molar-refractivity contribution >= 4 is 23.7 Å². The van der Waals surface area contributed by atoms with Crippen molar-refractivity contribution in [3.63, 3.8) is 0 Å². The first-order chi connectivity index (χ1) is 11.2. The van der Waals surface area contributed by atoms with Crippen LogP contribution in [-0.2, 0) is 6.54 Å². The first-order valence-corrected chi connectivity index (χ1v) is 9.38. The van der Waals surface area contributed by atoms with E-state index in [9.17, 15) is 9.59 Å². The van der Waals surface area contributed by atoms with Crippen molar-refractivity contribution in [1.82, 2.24) is 15.1 Å². The lowest BCUT2D eigenvalue weighted by Gasteiger charge is -2.26. The second-order valence-corrected chi connectivity index (χ2v) is 7.18. The normalized spacial score (nSPS) is 18.1. The molecule has 0 saturated carbocycles. The van der Waals surface area contributed by atoms with E-state index in [1.54, 1.807) is 0 Å². The fourth-order valence-corrected chi connectivity index (χ4v) is 3.83. The van der Waals surface area contributed by atoms with E-state index in [0.717, 1.165) is 61.7 Å². The number of nitrogens with zero attached hydrogens (tertiary/aromatic N) is 2. The van der Waals surface area contributed by atoms with Gasteiger partial charge in [0.25, 0.3) is 5.91 Å². The predicted octanol–water partition coefficient (Wildman–Crippen LogP) is 2.18. The van der Waals surface area contributed by atoms with Crippen LogP contribution in [0.5, 0.6) is 0 Å². The van der Waals surface area contributed by atoms with Gasteiger partial charge in [-0.1, -0.05) is 12.1 Å². The monoisotopic (exact) mass is 333 g/mol. The summed E-state index contributed by atoms with van der Waals surface area (Å²) in [6.45, 7) is 3.87. The Labute approximate surface area is 141 Å². The molecule has 124 valence electrons. The van der Waals surface area contributed by atoms with Gasteiger partial charge in [0.2, 0.25) is 0 Å². The molecule has 0 unspecified atom stereocenters. The Morgan fingerprint density at radius 1 is 0.957 bits per heavy atom. The van der Waals surface area contributed by atoms with Crippen molar-refractivity contribution in [2.24, 2.45) is 0 Å². The summed E-state index contributed by atoms with van der Waals surface area (Å²) in [6, 6.07) is 7.58. The predicted molar refractivity (Wildman–Crippen MR) is 92.7 cm³/mol. The highest BCUT2D eigenvalue weighted by molar-refractivity contribution is 7.99. The summed E-state index contributed by atoms with van der Waals surface area (Å²) in [5.74, 6) is 2.14. The molecule has 3 rings (SSSR count). The van der Waals surface area contributed by atoms with E-state index in [0.29, 0.717) is 6.54 Å². The van der Waals surface area contributed by atoms with Gasteiger partial charge >= 0.3 is 6.03 Å². The Hall–Kier alpha value is -1.69. The van der Waals surface area contributed by atoms with Gasteiger partial charge in [0.1, 0.15) is 0 Å². The van der Waals surface area contributed by atoms with Crippen LogP contribution in [0.3, 0.4) is 0 Å². The number of benzene rings is 1. The van der Waals surface area contributed by atoms with E-state index in [-0.39, 0.29) is 11.9 Å². The average molecular weight is 333 g/mol. The molecule has 1 aromatic rings.